The van der Waals surface area contributed by atoms with E-state index in [-0.39, 0.29) is 12.2 Å². The van der Waals surface area contributed by atoms with E-state index in [1.807, 2.05) is 12.1 Å². The molecule has 6 nitrogen and oxygen atoms in total. The van der Waals surface area contributed by atoms with Gasteiger partial charge in [-0.25, -0.2) is 9.79 Å². The Morgan fingerprint density at radius 2 is 1.94 bits per heavy atom. The number of esters is 1. The Morgan fingerprint density at radius 3 is 2.58 bits per heavy atom. The number of halogens is 2. The molecule has 33 heavy (non-hydrogen) atoms. The summed E-state index contributed by atoms with van der Waals surface area (Å²) in [5.74, 6) is 0.163. The second kappa shape index (κ2) is 9.55. The number of rotatable bonds is 5. The summed E-state index contributed by atoms with van der Waals surface area (Å²) in [6.07, 6.45) is 1.71. The Bertz CT molecular complexity index is 1440. The van der Waals surface area contributed by atoms with Gasteiger partial charge in [-0.3, -0.25) is 9.36 Å². The molecule has 0 radical (unpaired) electrons. The highest BCUT2D eigenvalue weighted by Gasteiger charge is 2.33. The van der Waals surface area contributed by atoms with Crippen LogP contribution in [-0.4, -0.2) is 24.3 Å². The lowest BCUT2D eigenvalue weighted by atomic mass is 9.96. The fraction of sp³-hybridized carbons (Fsp3) is 0.208. The van der Waals surface area contributed by atoms with Gasteiger partial charge >= 0.3 is 5.97 Å². The molecule has 0 fully saturated rings. The van der Waals surface area contributed by atoms with Gasteiger partial charge in [0.25, 0.3) is 5.56 Å². The largest absolute Gasteiger partial charge is 0.497 e. The molecule has 1 aromatic heterocycles. The number of hydrogen-bond donors (Lipinski definition) is 0. The normalized spacial score (nSPS) is 15.8. The molecule has 0 saturated heterocycles. The molecular weight excluding hydrogens is 483 g/mol. The van der Waals surface area contributed by atoms with Crippen molar-refractivity contribution < 1.29 is 14.3 Å². The molecule has 9 heteroatoms. The number of thiazole rings is 1. The highest BCUT2D eigenvalue weighted by Crippen LogP contribution is 2.31. The number of carbonyl (C=O) groups excluding carboxylic acids is 1. The van der Waals surface area contributed by atoms with E-state index in [1.165, 1.54) is 15.9 Å². The average molecular weight is 503 g/mol. The summed E-state index contributed by atoms with van der Waals surface area (Å²) in [6.45, 7) is 3.70. The maximum absolute atomic E-state index is 13.5. The van der Waals surface area contributed by atoms with Crippen molar-refractivity contribution in [1.29, 1.82) is 0 Å². The molecule has 0 spiro atoms. The minimum absolute atomic E-state index is 0.213. The quantitative estimate of drug-likeness (QED) is 0.492. The molecule has 0 N–H and O–H groups in total. The number of benzene rings is 2. The zero-order valence-electron chi connectivity index (χ0n) is 18.1. The topological polar surface area (TPSA) is 69.9 Å². The number of ether oxygens (including phenoxy) is 2. The molecule has 0 aliphatic carbocycles. The summed E-state index contributed by atoms with van der Waals surface area (Å²) >= 11 is 13.5. The first-order chi connectivity index (χ1) is 15.8. The average Bonchev–Trinajstić information content (AvgIpc) is 3.09. The van der Waals surface area contributed by atoms with Crippen LogP contribution in [0.4, 0.5) is 0 Å². The fourth-order valence-electron chi connectivity index (χ4n) is 3.65. The molecule has 2 heterocycles. The molecule has 1 aliphatic heterocycles. The van der Waals surface area contributed by atoms with Crippen LogP contribution in [0.2, 0.25) is 10.0 Å². The van der Waals surface area contributed by atoms with Crippen molar-refractivity contribution in [2.75, 3.05) is 13.7 Å². The van der Waals surface area contributed by atoms with Gasteiger partial charge < -0.3 is 9.47 Å². The van der Waals surface area contributed by atoms with Crippen LogP contribution in [0, 0.1) is 0 Å². The predicted molar refractivity (Wildman–Crippen MR) is 130 cm³/mol. The van der Waals surface area contributed by atoms with E-state index in [2.05, 4.69) is 4.99 Å². The summed E-state index contributed by atoms with van der Waals surface area (Å²) < 4.78 is 12.5. The minimum Gasteiger partial charge on any atom is -0.497 e. The van der Waals surface area contributed by atoms with Crippen molar-refractivity contribution in [3.05, 3.63) is 94.6 Å². The highest BCUT2D eigenvalue weighted by atomic mass is 35.5. The Morgan fingerprint density at radius 1 is 1.21 bits per heavy atom. The lowest BCUT2D eigenvalue weighted by Crippen LogP contribution is -2.39. The molecule has 4 rings (SSSR count). The third-order valence-electron chi connectivity index (χ3n) is 5.20. The smallest absolute Gasteiger partial charge is 0.338 e. The second-order valence-electron chi connectivity index (χ2n) is 7.24. The molecule has 1 aliphatic rings. The van der Waals surface area contributed by atoms with Gasteiger partial charge in [0.1, 0.15) is 5.75 Å². The third-order valence-corrected chi connectivity index (χ3v) is 6.74. The summed E-state index contributed by atoms with van der Waals surface area (Å²) in [6, 6.07) is 11.6. The minimum atomic E-state index is -0.686. The van der Waals surface area contributed by atoms with Gasteiger partial charge in [0, 0.05) is 10.0 Å². The zero-order valence-corrected chi connectivity index (χ0v) is 20.4. The van der Waals surface area contributed by atoms with Crippen molar-refractivity contribution >= 4 is 46.6 Å². The number of carbonyl (C=O) groups is 1. The van der Waals surface area contributed by atoms with Crippen LogP contribution in [-0.2, 0) is 9.53 Å². The highest BCUT2D eigenvalue weighted by molar-refractivity contribution is 7.07. The van der Waals surface area contributed by atoms with Gasteiger partial charge in [-0.05, 0) is 55.3 Å². The maximum Gasteiger partial charge on any atom is 0.338 e. The van der Waals surface area contributed by atoms with Gasteiger partial charge in [-0.2, -0.15) is 0 Å². The zero-order chi connectivity index (χ0) is 23.7. The van der Waals surface area contributed by atoms with Gasteiger partial charge in [0.05, 0.1) is 35.6 Å². The first kappa shape index (κ1) is 23.3. The molecular formula is C24H20Cl2N2O4S. The van der Waals surface area contributed by atoms with E-state index in [0.717, 1.165) is 5.56 Å². The van der Waals surface area contributed by atoms with E-state index < -0.39 is 12.0 Å². The number of aromatic nitrogens is 1. The first-order valence-electron chi connectivity index (χ1n) is 10.1. The van der Waals surface area contributed by atoms with Crippen molar-refractivity contribution in [3.8, 4) is 5.75 Å². The number of hydrogen-bond acceptors (Lipinski definition) is 6. The van der Waals surface area contributed by atoms with E-state index in [4.69, 9.17) is 32.7 Å². The Labute approximate surface area is 204 Å². The summed E-state index contributed by atoms with van der Waals surface area (Å²) in [4.78, 5) is 31.5. The summed E-state index contributed by atoms with van der Waals surface area (Å²) in [5, 5.41) is 0.941. The first-order valence-corrected chi connectivity index (χ1v) is 11.7. The van der Waals surface area contributed by atoms with Crippen molar-refractivity contribution in [1.82, 2.24) is 4.57 Å². The maximum atomic E-state index is 13.5. The van der Waals surface area contributed by atoms with Crippen LogP contribution in [0.1, 0.15) is 31.0 Å². The van der Waals surface area contributed by atoms with Gasteiger partial charge in [0.2, 0.25) is 0 Å². The molecule has 0 amide bonds. The predicted octanol–water partition coefficient (Wildman–Crippen LogP) is 4.11. The number of fused-ring (bicyclic) bond motifs is 1. The molecule has 3 aromatic rings. The Kier molecular flexibility index (Phi) is 6.74. The molecule has 0 saturated carbocycles. The van der Waals surface area contributed by atoms with Gasteiger partial charge in [-0.1, -0.05) is 52.7 Å². The van der Waals surface area contributed by atoms with Crippen LogP contribution in [0.3, 0.4) is 0 Å². The standard InChI is InChI=1S/C24H20Cl2N2O4S/c1-4-32-23(30)20-13(2)27-24-28(21(20)14-6-9-17(31-3)10-7-14)22(29)19(33-24)11-15-5-8-16(25)12-18(15)26/h5-12,21H,4H2,1-3H3/b19-11+. The summed E-state index contributed by atoms with van der Waals surface area (Å²) in [5.41, 5.74) is 1.95. The SMILES string of the molecule is CCOC(=O)C1=C(C)N=c2s/c(=C/c3ccc(Cl)cc3Cl)c(=O)n2C1c1ccc(OC)cc1. The number of nitrogens with zero attached hydrogens (tertiary/aromatic N) is 2. The van der Waals surface area contributed by atoms with Crippen LogP contribution in [0.5, 0.6) is 5.75 Å². The number of methoxy groups -OCH3 is 1. The van der Waals surface area contributed by atoms with Crippen molar-refractivity contribution in [2.45, 2.75) is 19.9 Å². The van der Waals surface area contributed by atoms with Crippen molar-refractivity contribution in [3.63, 3.8) is 0 Å². The fourth-order valence-corrected chi connectivity index (χ4v) is 5.15. The van der Waals surface area contributed by atoms with Crippen molar-refractivity contribution in [2.24, 2.45) is 4.99 Å². The van der Waals surface area contributed by atoms with Gasteiger partial charge in [-0.15, -0.1) is 0 Å². The third kappa shape index (κ3) is 4.49. The number of allylic oxidation sites excluding steroid dienone is 1. The monoisotopic (exact) mass is 502 g/mol. The Balaban J connectivity index is 1.95. The molecule has 1 atom stereocenters. The van der Waals surface area contributed by atoms with Crippen LogP contribution < -0.4 is 19.6 Å². The second-order valence-corrected chi connectivity index (χ2v) is 9.09. The van der Waals surface area contributed by atoms with E-state index >= 15 is 0 Å². The van der Waals surface area contributed by atoms with Crippen LogP contribution >= 0.6 is 34.5 Å². The van der Waals surface area contributed by atoms with Gasteiger partial charge in [0.15, 0.2) is 4.80 Å². The summed E-state index contributed by atoms with van der Waals surface area (Å²) in [7, 11) is 1.58. The van der Waals surface area contributed by atoms with Crippen LogP contribution in [0.15, 0.2) is 63.5 Å². The van der Waals surface area contributed by atoms with Crippen LogP contribution in [0.25, 0.3) is 6.08 Å². The molecule has 1 unspecified atom stereocenters. The van der Waals surface area contributed by atoms with E-state index in [9.17, 15) is 9.59 Å². The molecule has 2 aromatic carbocycles. The lowest BCUT2D eigenvalue weighted by Gasteiger charge is -2.24. The Hall–Kier alpha value is -2.87. The molecule has 170 valence electrons. The lowest BCUT2D eigenvalue weighted by molar-refractivity contribution is -0.139. The van der Waals surface area contributed by atoms with E-state index in [0.29, 0.717) is 42.0 Å². The van der Waals surface area contributed by atoms with E-state index in [1.54, 1.807) is 57.4 Å². The molecule has 0 bridgehead atoms.